The van der Waals surface area contributed by atoms with Crippen molar-refractivity contribution in [3.8, 4) is 11.5 Å². The number of rotatable bonds is 5. The Hall–Kier alpha value is -2.64. The Balaban J connectivity index is 1.99. The topological polar surface area (TPSA) is 69.7 Å². The molecule has 0 N–H and O–H groups in total. The molecule has 0 aliphatic carbocycles. The van der Waals surface area contributed by atoms with Gasteiger partial charge in [0.05, 0.1) is 14.2 Å². The van der Waals surface area contributed by atoms with E-state index in [1.165, 1.54) is 19.3 Å². The van der Waals surface area contributed by atoms with Crippen molar-refractivity contribution in [2.75, 3.05) is 14.2 Å². The molecule has 0 fully saturated rings. The summed E-state index contributed by atoms with van der Waals surface area (Å²) in [5.41, 5.74) is 0.691. The van der Waals surface area contributed by atoms with Crippen molar-refractivity contribution in [2.45, 2.75) is 4.90 Å². The van der Waals surface area contributed by atoms with E-state index in [-0.39, 0.29) is 4.90 Å². The standard InChI is InChI=1S/C19H16O5S2/c1-23-15-6-3-13(4-7-15)9-10-26(21,22)18-11-14-5-8-16(24-2)12-17(14)25-19(18)20/h3-12H,1-2H3/b10-9+. The van der Waals surface area contributed by atoms with Crippen LogP contribution in [0, 0.1) is 0 Å². The van der Waals surface area contributed by atoms with Gasteiger partial charge in [0.25, 0.3) is 4.74 Å². The van der Waals surface area contributed by atoms with E-state index in [1.54, 1.807) is 49.6 Å². The fourth-order valence-electron chi connectivity index (χ4n) is 2.35. The maximum absolute atomic E-state index is 12.6. The fraction of sp³-hybridized carbons (Fsp3) is 0.105. The summed E-state index contributed by atoms with van der Waals surface area (Å²) in [6.45, 7) is 0. The summed E-state index contributed by atoms with van der Waals surface area (Å²) in [6.07, 6.45) is 1.46. The third-order valence-corrected chi connectivity index (χ3v) is 6.29. The van der Waals surface area contributed by atoms with Crippen LogP contribution in [0.4, 0.5) is 0 Å². The van der Waals surface area contributed by atoms with Gasteiger partial charge in [0.1, 0.15) is 16.4 Å². The van der Waals surface area contributed by atoms with E-state index in [2.05, 4.69) is 0 Å². The minimum absolute atomic E-state index is 0.232. The summed E-state index contributed by atoms with van der Waals surface area (Å²) < 4.78 is 35.5. The first-order chi connectivity index (χ1) is 12.4. The van der Waals surface area contributed by atoms with Crippen molar-refractivity contribution >= 4 is 37.3 Å². The Morgan fingerprint density at radius 1 is 0.923 bits per heavy atom. The lowest BCUT2D eigenvalue weighted by Gasteiger charge is -2.04. The Labute approximate surface area is 155 Å². The molecule has 0 aliphatic rings. The highest BCUT2D eigenvalue weighted by Gasteiger charge is 2.17. The Kier molecular flexibility index (Phi) is 5.11. The van der Waals surface area contributed by atoms with E-state index in [4.69, 9.17) is 9.47 Å². The van der Waals surface area contributed by atoms with Gasteiger partial charge in [-0.05, 0) is 53.4 Å². The normalized spacial score (nSPS) is 11.8. The largest absolute Gasteiger partial charge is 0.497 e. The van der Waals surface area contributed by atoms with Crippen molar-refractivity contribution in [1.82, 2.24) is 0 Å². The van der Waals surface area contributed by atoms with E-state index >= 15 is 0 Å². The zero-order valence-corrected chi connectivity index (χ0v) is 15.8. The highest BCUT2D eigenvalue weighted by molar-refractivity contribution is 7.94. The number of ether oxygens (including phenoxy) is 2. The van der Waals surface area contributed by atoms with Gasteiger partial charge in [-0.1, -0.05) is 23.5 Å². The predicted molar refractivity (Wildman–Crippen MR) is 104 cm³/mol. The molecule has 0 amide bonds. The lowest BCUT2D eigenvalue weighted by Crippen LogP contribution is -2.09. The minimum Gasteiger partial charge on any atom is -0.497 e. The second-order valence-corrected chi connectivity index (χ2v) is 8.24. The molecule has 7 heteroatoms. The summed E-state index contributed by atoms with van der Waals surface area (Å²) in [5, 5.41) is 1.72. The number of sulfone groups is 1. The first-order valence-electron chi connectivity index (χ1n) is 7.62. The molecule has 0 radical (unpaired) electrons. The first-order valence-corrected chi connectivity index (χ1v) is 9.98. The molecule has 0 saturated heterocycles. The summed E-state index contributed by atoms with van der Waals surface area (Å²) in [7, 11) is -0.766. The maximum Gasteiger partial charge on any atom is 0.251 e. The summed E-state index contributed by atoms with van der Waals surface area (Å²) in [6, 6.07) is 13.5. The average molecular weight is 388 g/mol. The lowest BCUT2D eigenvalue weighted by atomic mass is 10.2. The van der Waals surface area contributed by atoms with Crippen molar-refractivity contribution in [1.29, 1.82) is 0 Å². The van der Waals surface area contributed by atoms with Crippen LogP contribution in [-0.4, -0.2) is 22.6 Å². The van der Waals surface area contributed by atoms with Crippen LogP contribution in [0.2, 0.25) is 0 Å². The molecule has 0 aliphatic heterocycles. The van der Waals surface area contributed by atoms with Gasteiger partial charge in [-0.3, -0.25) is 4.79 Å². The smallest absolute Gasteiger partial charge is 0.251 e. The summed E-state index contributed by atoms with van der Waals surface area (Å²) >= 11 is 0.886. The van der Waals surface area contributed by atoms with Gasteiger partial charge in [-0.25, -0.2) is 8.42 Å². The lowest BCUT2D eigenvalue weighted by molar-refractivity contribution is 0.415. The molecule has 2 aromatic carbocycles. The fourth-order valence-corrected chi connectivity index (χ4v) is 4.61. The molecular formula is C19H16O5S2. The molecule has 3 aromatic rings. The van der Waals surface area contributed by atoms with E-state index in [9.17, 15) is 13.2 Å². The SMILES string of the molecule is COc1ccc(/C=C/S(=O)(=O)c2cc3ccc(OC)cc3sc2=O)cc1. The molecule has 1 aromatic heterocycles. The highest BCUT2D eigenvalue weighted by atomic mass is 32.2. The van der Waals surface area contributed by atoms with Crippen LogP contribution in [-0.2, 0) is 9.84 Å². The Bertz CT molecular complexity index is 1130. The van der Waals surface area contributed by atoms with E-state index in [0.29, 0.717) is 27.1 Å². The van der Waals surface area contributed by atoms with Gasteiger partial charge in [0.2, 0.25) is 9.84 Å². The van der Waals surface area contributed by atoms with Crippen molar-refractivity contribution < 1.29 is 17.9 Å². The molecule has 1 heterocycles. The zero-order chi connectivity index (χ0) is 18.7. The van der Waals surface area contributed by atoms with Crippen LogP contribution in [0.25, 0.3) is 16.2 Å². The van der Waals surface area contributed by atoms with Crippen LogP contribution < -0.4 is 14.2 Å². The molecule has 0 saturated carbocycles. The first kappa shape index (κ1) is 18.2. The van der Waals surface area contributed by atoms with Gasteiger partial charge in [-0.15, -0.1) is 0 Å². The predicted octanol–water partition coefficient (Wildman–Crippen LogP) is 3.72. The molecule has 5 nitrogen and oxygen atoms in total. The van der Waals surface area contributed by atoms with Crippen molar-refractivity contribution in [3.63, 3.8) is 0 Å². The Morgan fingerprint density at radius 3 is 2.23 bits per heavy atom. The van der Waals surface area contributed by atoms with Crippen LogP contribution in [0.1, 0.15) is 5.56 Å². The third kappa shape index (κ3) is 3.79. The van der Waals surface area contributed by atoms with Crippen LogP contribution in [0.15, 0.2) is 63.6 Å². The number of hydrogen-bond donors (Lipinski definition) is 0. The molecule has 0 unspecified atom stereocenters. The van der Waals surface area contributed by atoms with E-state index in [0.717, 1.165) is 16.7 Å². The molecule has 3 rings (SSSR count). The summed E-state index contributed by atoms with van der Waals surface area (Å²) in [4.78, 5) is 12.1. The van der Waals surface area contributed by atoms with Crippen LogP contribution >= 0.6 is 11.3 Å². The number of fused-ring (bicyclic) bond motifs is 1. The Morgan fingerprint density at radius 2 is 1.58 bits per heavy atom. The van der Waals surface area contributed by atoms with Crippen LogP contribution in [0.5, 0.6) is 11.5 Å². The molecule has 0 atom stereocenters. The van der Waals surface area contributed by atoms with Gasteiger partial charge in [0.15, 0.2) is 0 Å². The van der Waals surface area contributed by atoms with Crippen LogP contribution in [0.3, 0.4) is 0 Å². The van der Waals surface area contributed by atoms with E-state index in [1.807, 2.05) is 0 Å². The van der Waals surface area contributed by atoms with Gasteiger partial charge in [0, 0.05) is 10.1 Å². The molecular weight excluding hydrogens is 372 g/mol. The highest BCUT2D eigenvalue weighted by Crippen LogP contribution is 2.25. The van der Waals surface area contributed by atoms with Gasteiger partial charge >= 0.3 is 0 Å². The number of hydrogen-bond acceptors (Lipinski definition) is 6. The number of benzene rings is 2. The monoisotopic (exact) mass is 388 g/mol. The molecule has 26 heavy (non-hydrogen) atoms. The average Bonchev–Trinajstić information content (AvgIpc) is 2.65. The zero-order valence-electron chi connectivity index (χ0n) is 14.1. The summed E-state index contributed by atoms with van der Waals surface area (Å²) in [5.74, 6) is 1.29. The quantitative estimate of drug-likeness (QED) is 0.666. The van der Waals surface area contributed by atoms with Gasteiger partial charge < -0.3 is 9.47 Å². The molecule has 134 valence electrons. The van der Waals surface area contributed by atoms with Crippen molar-refractivity contribution in [3.05, 3.63) is 69.0 Å². The second kappa shape index (κ2) is 7.31. The third-order valence-electron chi connectivity index (χ3n) is 3.77. The molecule has 0 bridgehead atoms. The second-order valence-electron chi connectivity index (χ2n) is 5.42. The molecule has 0 spiro atoms. The number of methoxy groups -OCH3 is 2. The van der Waals surface area contributed by atoms with Crippen molar-refractivity contribution in [2.24, 2.45) is 0 Å². The van der Waals surface area contributed by atoms with E-state index < -0.39 is 14.6 Å². The maximum atomic E-state index is 12.6. The minimum atomic E-state index is -3.86. The van der Waals surface area contributed by atoms with Gasteiger partial charge in [-0.2, -0.15) is 0 Å².